The highest BCUT2D eigenvalue weighted by Crippen LogP contribution is 2.74. The van der Waals surface area contributed by atoms with Gasteiger partial charge in [-0.15, -0.1) is 0 Å². The molecule has 3 heteroatoms. The molecule has 0 spiro atoms. The van der Waals surface area contributed by atoms with Gasteiger partial charge in [0.05, 0.1) is 30.0 Å². The molecule has 3 aliphatic carbocycles. The van der Waals surface area contributed by atoms with E-state index in [-0.39, 0.29) is 22.7 Å². The smallest absolute Gasteiger partial charge is 0.0950 e. The van der Waals surface area contributed by atoms with Gasteiger partial charge in [-0.05, 0) is 31.1 Å². The third-order valence-electron chi connectivity index (χ3n) is 5.32. The Labute approximate surface area is 101 Å². The predicted molar refractivity (Wildman–Crippen MR) is 59.9 cm³/mol. The van der Waals surface area contributed by atoms with Crippen molar-refractivity contribution in [1.29, 1.82) is 15.8 Å². The summed E-state index contributed by atoms with van der Waals surface area (Å²) in [4.78, 5) is 0. The lowest BCUT2D eigenvalue weighted by Crippen LogP contribution is -2.34. The molecule has 0 radical (unpaired) electrons. The maximum atomic E-state index is 9.43. The summed E-state index contributed by atoms with van der Waals surface area (Å²) >= 11 is 0. The van der Waals surface area contributed by atoms with Crippen LogP contribution >= 0.6 is 0 Å². The molecule has 0 aromatic rings. The van der Waals surface area contributed by atoms with Crippen LogP contribution in [0.3, 0.4) is 0 Å². The van der Waals surface area contributed by atoms with Gasteiger partial charge >= 0.3 is 0 Å². The van der Waals surface area contributed by atoms with E-state index < -0.39 is 0 Å². The van der Waals surface area contributed by atoms with Crippen LogP contribution < -0.4 is 0 Å². The predicted octanol–water partition coefficient (Wildman–Crippen LogP) is 2.68. The van der Waals surface area contributed by atoms with Gasteiger partial charge in [0.15, 0.2) is 0 Å². The molecular weight excluding hydrogens is 210 g/mol. The Hall–Kier alpha value is -1.79. The second-order valence-electron chi connectivity index (χ2n) is 5.59. The molecule has 4 atom stereocenters. The lowest BCUT2D eigenvalue weighted by atomic mass is 9.64. The Bertz CT molecular complexity index is 527. The molecule has 0 saturated heterocycles. The summed E-state index contributed by atoms with van der Waals surface area (Å²) in [6, 6.07) is 6.94. The van der Waals surface area contributed by atoms with Crippen molar-refractivity contribution in [2.24, 2.45) is 22.7 Å². The second-order valence-corrected chi connectivity index (χ2v) is 5.59. The van der Waals surface area contributed by atoms with Crippen LogP contribution in [0.4, 0.5) is 0 Å². The fraction of sp³-hybridized carbons (Fsp3) is 0.643. The van der Waals surface area contributed by atoms with Crippen LogP contribution in [0, 0.1) is 56.7 Å². The van der Waals surface area contributed by atoms with Gasteiger partial charge in [-0.3, -0.25) is 0 Å². The van der Waals surface area contributed by atoms with Crippen LogP contribution in [-0.4, -0.2) is 0 Å². The standard InChI is InChI=1S/C14H13N3/c15-7-10-6-13-3-1-4-14(13,12(10)9-17)11(8-16)2-5-13/h2,10,12H,1,3-6H2/t10?,12?,13-,14+/m0/s1. The first kappa shape index (κ1) is 10.4. The van der Waals surface area contributed by atoms with E-state index in [1.807, 2.05) is 6.08 Å². The van der Waals surface area contributed by atoms with Gasteiger partial charge in [0, 0.05) is 11.0 Å². The number of nitrogens with zero attached hydrogens (tertiary/aromatic N) is 3. The van der Waals surface area contributed by atoms with Crippen molar-refractivity contribution in [3.63, 3.8) is 0 Å². The Balaban J connectivity index is 2.19. The topological polar surface area (TPSA) is 71.4 Å². The first-order valence-corrected chi connectivity index (χ1v) is 6.14. The molecule has 3 rings (SSSR count). The normalized spacial score (nSPS) is 46.3. The fourth-order valence-corrected chi connectivity index (χ4v) is 4.75. The van der Waals surface area contributed by atoms with Crippen molar-refractivity contribution in [1.82, 2.24) is 0 Å². The van der Waals surface area contributed by atoms with Crippen molar-refractivity contribution < 1.29 is 0 Å². The minimum atomic E-state index is -0.281. The number of hydrogen-bond acceptors (Lipinski definition) is 3. The number of rotatable bonds is 0. The molecule has 2 unspecified atom stereocenters. The molecule has 0 heterocycles. The molecule has 3 aliphatic rings. The Morgan fingerprint density at radius 1 is 1.18 bits per heavy atom. The lowest BCUT2D eigenvalue weighted by molar-refractivity contribution is 0.158. The van der Waals surface area contributed by atoms with Crippen molar-refractivity contribution in [3.05, 3.63) is 11.6 Å². The van der Waals surface area contributed by atoms with Gasteiger partial charge in [-0.2, -0.15) is 15.8 Å². The Morgan fingerprint density at radius 2 is 2.00 bits per heavy atom. The molecule has 0 bridgehead atoms. The lowest BCUT2D eigenvalue weighted by Gasteiger charge is -2.36. The number of hydrogen-bond donors (Lipinski definition) is 0. The van der Waals surface area contributed by atoms with Gasteiger partial charge < -0.3 is 0 Å². The molecule has 17 heavy (non-hydrogen) atoms. The minimum absolute atomic E-state index is 0.0544. The Kier molecular flexibility index (Phi) is 1.90. The van der Waals surface area contributed by atoms with Gasteiger partial charge in [0.25, 0.3) is 0 Å². The molecule has 3 nitrogen and oxygen atoms in total. The van der Waals surface area contributed by atoms with Crippen molar-refractivity contribution in [2.45, 2.75) is 32.1 Å². The van der Waals surface area contributed by atoms with E-state index in [9.17, 15) is 15.8 Å². The highest BCUT2D eigenvalue weighted by Gasteiger charge is 2.69. The van der Waals surface area contributed by atoms with Crippen molar-refractivity contribution in [2.75, 3.05) is 0 Å². The zero-order valence-electron chi connectivity index (χ0n) is 9.61. The van der Waals surface area contributed by atoms with Crippen LogP contribution in [0.25, 0.3) is 0 Å². The van der Waals surface area contributed by atoms with E-state index in [0.29, 0.717) is 0 Å². The summed E-state index contributed by atoms with van der Waals surface area (Å²) < 4.78 is 0. The van der Waals surface area contributed by atoms with Gasteiger partial charge in [0.1, 0.15) is 0 Å². The molecule has 0 aromatic heterocycles. The maximum Gasteiger partial charge on any atom is 0.0950 e. The van der Waals surface area contributed by atoms with E-state index in [2.05, 4.69) is 18.2 Å². The van der Waals surface area contributed by atoms with Crippen LogP contribution in [0.2, 0.25) is 0 Å². The molecule has 84 valence electrons. The summed E-state index contributed by atoms with van der Waals surface area (Å²) in [5.74, 6) is -0.458. The molecular formula is C14H13N3. The van der Waals surface area contributed by atoms with Gasteiger partial charge in [-0.1, -0.05) is 12.5 Å². The molecule has 2 saturated carbocycles. The van der Waals surface area contributed by atoms with Crippen LogP contribution in [0.1, 0.15) is 32.1 Å². The molecule has 0 aromatic carbocycles. The van der Waals surface area contributed by atoms with Gasteiger partial charge in [-0.25, -0.2) is 0 Å². The summed E-state index contributed by atoms with van der Waals surface area (Å²) in [6.07, 6.45) is 6.82. The quantitative estimate of drug-likeness (QED) is 0.633. The zero-order chi connectivity index (χ0) is 12.1. The highest BCUT2D eigenvalue weighted by molar-refractivity contribution is 5.45. The molecule has 2 fully saturated rings. The maximum absolute atomic E-state index is 9.43. The molecule has 0 aliphatic heterocycles. The van der Waals surface area contributed by atoms with E-state index >= 15 is 0 Å². The monoisotopic (exact) mass is 223 g/mol. The summed E-state index contributed by atoms with van der Waals surface area (Å²) in [5, 5.41) is 28.0. The van der Waals surface area contributed by atoms with Gasteiger partial charge in [0.2, 0.25) is 0 Å². The SMILES string of the molecule is N#CC1=CC[C@]23CCC[C@]12C(C#N)C(C#N)C3. The average Bonchev–Trinajstić information content (AvgIpc) is 2.88. The van der Waals surface area contributed by atoms with E-state index in [4.69, 9.17) is 0 Å². The van der Waals surface area contributed by atoms with E-state index in [0.717, 1.165) is 37.7 Å². The number of allylic oxidation sites excluding steroid dienone is 2. The first-order valence-electron chi connectivity index (χ1n) is 6.14. The van der Waals surface area contributed by atoms with Crippen LogP contribution in [0.15, 0.2) is 11.6 Å². The third-order valence-corrected chi connectivity index (χ3v) is 5.32. The highest BCUT2D eigenvalue weighted by atomic mass is 14.7. The zero-order valence-corrected chi connectivity index (χ0v) is 9.61. The molecule has 0 N–H and O–H groups in total. The van der Waals surface area contributed by atoms with Crippen molar-refractivity contribution >= 4 is 0 Å². The van der Waals surface area contributed by atoms with E-state index in [1.54, 1.807) is 0 Å². The van der Waals surface area contributed by atoms with Crippen molar-refractivity contribution in [3.8, 4) is 18.2 Å². The second kappa shape index (κ2) is 3.12. The summed E-state index contributed by atoms with van der Waals surface area (Å²) in [7, 11) is 0. The van der Waals surface area contributed by atoms with Crippen LogP contribution in [0.5, 0.6) is 0 Å². The minimum Gasteiger partial charge on any atom is -0.198 e. The largest absolute Gasteiger partial charge is 0.198 e. The molecule has 0 amide bonds. The summed E-state index contributed by atoms with van der Waals surface area (Å²) in [6.45, 7) is 0. The summed E-state index contributed by atoms with van der Waals surface area (Å²) in [5.41, 5.74) is 0.565. The fourth-order valence-electron chi connectivity index (χ4n) is 4.75. The first-order chi connectivity index (χ1) is 8.24. The Morgan fingerprint density at radius 3 is 2.65 bits per heavy atom. The van der Waals surface area contributed by atoms with Crippen LogP contribution in [-0.2, 0) is 0 Å². The number of nitriles is 3. The average molecular weight is 223 g/mol. The van der Waals surface area contributed by atoms with E-state index in [1.165, 1.54) is 0 Å². The third kappa shape index (κ3) is 0.911.